The molecular weight excluding hydrogens is 146 g/mol. The quantitative estimate of drug-likeness (QED) is 0.370. The summed E-state index contributed by atoms with van der Waals surface area (Å²) in [6.45, 7) is 3.06. The molecule has 1 rings (SSSR count). The summed E-state index contributed by atoms with van der Waals surface area (Å²) in [7, 11) is 0. The van der Waals surface area contributed by atoms with Gasteiger partial charge in [-0.25, -0.2) is 5.01 Å². The van der Waals surface area contributed by atoms with Crippen LogP contribution in [0.1, 0.15) is 6.92 Å². The zero-order valence-electron chi connectivity index (χ0n) is 6.57. The Kier molecular flexibility index (Phi) is 2.80. The molecule has 5 N–H and O–H groups in total. The fraction of sp³-hybridized carbons (Fsp3) is 1.00. The normalized spacial score (nSPS) is 39.8. The van der Waals surface area contributed by atoms with Crippen molar-refractivity contribution >= 4 is 0 Å². The predicted octanol–water partition coefficient (Wildman–Crippen LogP) is -2.17. The molecule has 0 bridgehead atoms. The Morgan fingerprint density at radius 2 is 2.27 bits per heavy atom. The van der Waals surface area contributed by atoms with Crippen molar-refractivity contribution in [3.05, 3.63) is 0 Å². The van der Waals surface area contributed by atoms with E-state index in [4.69, 9.17) is 10.8 Å². The molecule has 1 heterocycles. The summed E-state index contributed by atoms with van der Waals surface area (Å²) in [5.74, 6) is 0. The molecule has 0 radical (unpaired) electrons. The van der Waals surface area contributed by atoms with Gasteiger partial charge < -0.3 is 15.9 Å². The highest BCUT2D eigenvalue weighted by Gasteiger charge is 2.36. The standard InChI is InChI=1S/C6H15N3O2/c1-2-8-9-3-4(10)5(11)6(9)7/h4-6,8,10-11H,2-3,7H2,1H3/t4-,5+,6?/m0/s1. The molecule has 0 spiro atoms. The van der Waals surface area contributed by atoms with Gasteiger partial charge in [0.25, 0.3) is 0 Å². The summed E-state index contributed by atoms with van der Waals surface area (Å²) in [5, 5.41) is 20.0. The van der Waals surface area contributed by atoms with Gasteiger partial charge in [0, 0.05) is 13.1 Å². The maximum absolute atomic E-state index is 9.21. The van der Waals surface area contributed by atoms with Crippen LogP contribution < -0.4 is 11.2 Å². The van der Waals surface area contributed by atoms with E-state index in [9.17, 15) is 5.11 Å². The topological polar surface area (TPSA) is 81.8 Å². The average Bonchev–Trinajstić information content (AvgIpc) is 2.19. The minimum atomic E-state index is -0.839. The van der Waals surface area contributed by atoms with Gasteiger partial charge in [0.1, 0.15) is 6.10 Å². The molecule has 1 fully saturated rings. The highest BCUT2D eigenvalue weighted by atomic mass is 16.3. The summed E-state index contributed by atoms with van der Waals surface area (Å²) < 4.78 is 0. The summed E-state index contributed by atoms with van der Waals surface area (Å²) in [6, 6.07) is 0. The first-order chi connectivity index (χ1) is 5.16. The molecular formula is C6H15N3O2. The number of aliphatic hydroxyl groups is 2. The number of β-amino-alcohol motifs (C(OH)–C–C–N with tert-alkyl or cyclic N) is 1. The van der Waals surface area contributed by atoms with Gasteiger partial charge in [0.15, 0.2) is 0 Å². The molecule has 0 aromatic rings. The number of nitrogens with zero attached hydrogens (tertiary/aromatic N) is 1. The molecule has 66 valence electrons. The summed E-state index contributed by atoms with van der Waals surface area (Å²) >= 11 is 0. The third kappa shape index (κ3) is 1.69. The second-order valence-corrected chi connectivity index (χ2v) is 2.71. The number of nitrogens with one attached hydrogen (secondary N) is 1. The number of hydrazine groups is 1. The van der Waals surface area contributed by atoms with Crippen molar-refractivity contribution in [3.8, 4) is 0 Å². The molecule has 0 saturated carbocycles. The van der Waals surface area contributed by atoms with Crippen LogP contribution in [0.3, 0.4) is 0 Å². The Balaban J connectivity index is 2.45. The van der Waals surface area contributed by atoms with Crippen LogP contribution in [0.4, 0.5) is 0 Å². The van der Waals surface area contributed by atoms with Crippen molar-refractivity contribution in [2.24, 2.45) is 5.73 Å². The van der Waals surface area contributed by atoms with Crippen LogP contribution in [0.2, 0.25) is 0 Å². The Hall–Kier alpha value is -0.200. The van der Waals surface area contributed by atoms with Gasteiger partial charge in [0.05, 0.1) is 12.3 Å². The monoisotopic (exact) mass is 161 g/mol. The van der Waals surface area contributed by atoms with Gasteiger partial charge in [-0.05, 0) is 0 Å². The first-order valence-corrected chi connectivity index (χ1v) is 3.78. The Morgan fingerprint density at radius 3 is 2.64 bits per heavy atom. The first-order valence-electron chi connectivity index (χ1n) is 3.78. The molecule has 11 heavy (non-hydrogen) atoms. The minimum absolute atomic E-state index is 0.385. The summed E-state index contributed by atoms with van der Waals surface area (Å²) in [6.07, 6.45) is -2.07. The van der Waals surface area contributed by atoms with Crippen molar-refractivity contribution < 1.29 is 10.2 Å². The van der Waals surface area contributed by atoms with Crippen LogP contribution in [0.5, 0.6) is 0 Å². The van der Waals surface area contributed by atoms with Crippen molar-refractivity contribution in [2.45, 2.75) is 25.3 Å². The largest absolute Gasteiger partial charge is 0.389 e. The number of rotatable bonds is 2. The van der Waals surface area contributed by atoms with Gasteiger partial charge in [-0.2, -0.15) is 0 Å². The highest BCUT2D eigenvalue weighted by molar-refractivity contribution is 4.87. The van der Waals surface area contributed by atoms with E-state index in [1.54, 1.807) is 5.01 Å². The van der Waals surface area contributed by atoms with Gasteiger partial charge >= 0.3 is 0 Å². The van der Waals surface area contributed by atoms with E-state index in [2.05, 4.69) is 5.43 Å². The van der Waals surface area contributed by atoms with Crippen LogP contribution >= 0.6 is 0 Å². The Labute approximate surface area is 65.8 Å². The van der Waals surface area contributed by atoms with Crippen LogP contribution in [0.15, 0.2) is 0 Å². The minimum Gasteiger partial charge on any atom is -0.389 e. The molecule has 0 amide bonds. The third-order valence-corrected chi connectivity index (χ3v) is 1.85. The molecule has 5 nitrogen and oxygen atoms in total. The molecule has 0 aliphatic carbocycles. The molecule has 3 atom stereocenters. The van der Waals surface area contributed by atoms with E-state index >= 15 is 0 Å². The molecule has 1 aliphatic heterocycles. The highest BCUT2D eigenvalue weighted by Crippen LogP contribution is 2.11. The second kappa shape index (κ2) is 3.46. The first kappa shape index (κ1) is 8.89. The molecule has 1 unspecified atom stereocenters. The van der Waals surface area contributed by atoms with Crippen LogP contribution in [-0.4, -0.2) is 46.7 Å². The van der Waals surface area contributed by atoms with Gasteiger partial charge in [0.2, 0.25) is 0 Å². The van der Waals surface area contributed by atoms with E-state index < -0.39 is 18.4 Å². The molecule has 0 aromatic carbocycles. The van der Waals surface area contributed by atoms with Crippen LogP contribution in [-0.2, 0) is 0 Å². The zero-order valence-corrected chi connectivity index (χ0v) is 6.57. The lowest BCUT2D eigenvalue weighted by Gasteiger charge is -2.21. The molecule has 5 heteroatoms. The van der Waals surface area contributed by atoms with Crippen molar-refractivity contribution in [3.63, 3.8) is 0 Å². The lowest BCUT2D eigenvalue weighted by molar-refractivity contribution is 0.0367. The maximum Gasteiger partial charge on any atom is 0.111 e. The lowest BCUT2D eigenvalue weighted by Crippen LogP contribution is -2.49. The van der Waals surface area contributed by atoms with Crippen molar-refractivity contribution in [1.29, 1.82) is 0 Å². The SMILES string of the molecule is CCNN1C[C@H](O)[C@@H](O)C1N. The zero-order chi connectivity index (χ0) is 8.43. The smallest absolute Gasteiger partial charge is 0.111 e. The lowest BCUT2D eigenvalue weighted by atomic mass is 10.2. The Bertz CT molecular complexity index is 133. The molecule has 1 aliphatic rings. The Morgan fingerprint density at radius 1 is 1.64 bits per heavy atom. The number of nitrogens with two attached hydrogens (primary N) is 1. The van der Waals surface area contributed by atoms with E-state index in [-0.39, 0.29) is 0 Å². The molecule has 0 aromatic heterocycles. The van der Waals surface area contributed by atoms with E-state index in [1.807, 2.05) is 6.92 Å². The second-order valence-electron chi connectivity index (χ2n) is 2.71. The van der Waals surface area contributed by atoms with E-state index in [0.29, 0.717) is 6.54 Å². The van der Waals surface area contributed by atoms with Crippen LogP contribution in [0, 0.1) is 0 Å². The number of hydrogen-bond donors (Lipinski definition) is 4. The summed E-state index contributed by atoms with van der Waals surface area (Å²) in [4.78, 5) is 0. The molecule has 1 saturated heterocycles. The van der Waals surface area contributed by atoms with Gasteiger partial charge in [-0.3, -0.25) is 5.43 Å². The number of hydrogen-bond acceptors (Lipinski definition) is 5. The average molecular weight is 161 g/mol. The van der Waals surface area contributed by atoms with Crippen molar-refractivity contribution in [1.82, 2.24) is 10.4 Å². The predicted molar refractivity (Wildman–Crippen MR) is 40.4 cm³/mol. The third-order valence-electron chi connectivity index (χ3n) is 1.85. The van der Waals surface area contributed by atoms with E-state index in [0.717, 1.165) is 6.54 Å². The van der Waals surface area contributed by atoms with Crippen molar-refractivity contribution in [2.75, 3.05) is 13.1 Å². The van der Waals surface area contributed by atoms with E-state index in [1.165, 1.54) is 0 Å². The summed E-state index contributed by atoms with van der Waals surface area (Å²) in [5.41, 5.74) is 8.50. The van der Waals surface area contributed by atoms with Gasteiger partial charge in [-0.15, -0.1) is 0 Å². The fourth-order valence-electron chi connectivity index (χ4n) is 1.22. The van der Waals surface area contributed by atoms with Crippen LogP contribution in [0.25, 0.3) is 0 Å². The maximum atomic E-state index is 9.21. The number of aliphatic hydroxyl groups excluding tert-OH is 2. The van der Waals surface area contributed by atoms with Gasteiger partial charge in [-0.1, -0.05) is 6.92 Å². The fourth-order valence-corrected chi connectivity index (χ4v) is 1.22.